The van der Waals surface area contributed by atoms with Gasteiger partial charge in [-0.15, -0.1) is 5.10 Å². The molecule has 9 nitrogen and oxygen atoms in total. The van der Waals surface area contributed by atoms with E-state index in [1.807, 2.05) is 66.9 Å². The van der Waals surface area contributed by atoms with Crippen molar-refractivity contribution in [1.82, 2.24) is 24.5 Å². The fourth-order valence-electron chi connectivity index (χ4n) is 5.24. The average Bonchev–Trinajstić information content (AvgIpc) is 3.41. The molecule has 0 unspecified atom stereocenters. The van der Waals surface area contributed by atoms with Gasteiger partial charge in [-0.05, 0) is 78.6 Å². The number of rotatable bonds is 7. The number of aromatic nitrogens is 4. The molecule has 1 amide bonds. The number of carbonyl (C=O) groups excluding carboxylic acids is 1. The predicted molar refractivity (Wildman–Crippen MR) is 160 cm³/mol. The first-order chi connectivity index (χ1) is 19.9. The fourth-order valence-corrected chi connectivity index (χ4v) is 5.37. The van der Waals surface area contributed by atoms with Crippen LogP contribution >= 0.6 is 11.6 Å². The summed E-state index contributed by atoms with van der Waals surface area (Å²) in [7, 11) is 1.78. The second-order valence-electron chi connectivity index (χ2n) is 10.3. The van der Waals surface area contributed by atoms with Crippen molar-refractivity contribution in [3.63, 3.8) is 0 Å². The maximum Gasteiger partial charge on any atom is 0.253 e. The first-order valence-corrected chi connectivity index (χ1v) is 13.9. The van der Waals surface area contributed by atoms with Gasteiger partial charge in [0.15, 0.2) is 5.65 Å². The molecule has 0 saturated carbocycles. The largest absolute Gasteiger partial charge is 0.385 e. The van der Waals surface area contributed by atoms with Crippen molar-refractivity contribution in [3.05, 3.63) is 113 Å². The van der Waals surface area contributed by atoms with Crippen molar-refractivity contribution in [2.24, 2.45) is 0 Å². The van der Waals surface area contributed by atoms with E-state index in [0.717, 1.165) is 28.1 Å². The van der Waals surface area contributed by atoms with Crippen LogP contribution in [0.4, 0.5) is 17.3 Å². The Morgan fingerprint density at radius 2 is 1.80 bits per heavy atom. The number of aliphatic hydroxyl groups is 1. The van der Waals surface area contributed by atoms with Gasteiger partial charge in [-0.1, -0.05) is 29.8 Å². The zero-order chi connectivity index (χ0) is 28.4. The minimum atomic E-state index is -0.881. The number of anilines is 3. The summed E-state index contributed by atoms with van der Waals surface area (Å²) in [6, 6.07) is 22.5. The number of nitrogens with zero attached hydrogens (tertiary/aromatic N) is 6. The topological polar surface area (TPSA) is 98.9 Å². The first-order valence-electron chi connectivity index (χ1n) is 13.5. The number of piperidine rings is 1. The number of halogens is 1. The SMILES string of the molecule is CN(Cc1cccnc1)C(=O)c1ccc(Nc2nc3c(N4CCC(O)(c5ccc(Cl)cc5)CC4)cccn3n2)cc1. The quantitative estimate of drug-likeness (QED) is 0.276. The molecule has 6 rings (SSSR count). The number of carbonyl (C=O) groups is 1. The molecule has 208 valence electrons. The maximum absolute atomic E-state index is 12.9. The van der Waals surface area contributed by atoms with Crippen molar-refractivity contribution in [2.75, 3.05) is 30.4 Å². The third-order valence-corrected chi connectivity index (χ3v) is 7.78. The number of hydrogen-bond acceptors (Lipinski definition) is 7. The van der Waals surface area contributed by atoms with Crippen LogP contribution in [0.2, 0.25) is 5.02 Å². The summed E-state index contributed by atoms with van der Waals surface area (Å²) >= 11 is 6.04. The minimum Gasteiger partial charge on any atom is -0.385 e. The lowest BCUT2D eigenvalue weighted by atomic mass is 9.84. The van der Waals surface area contributed by atoms with E-state index in [9.17, 15) is 9.90 Å². The van der Waals surface area contributed by atoms with Gasteiger partial charge in [-0.3, -0.25) is 9.78 Å². The molecule has 2 N–H and O–H groups in total. The van der Waals surface area contributed by atoms with Crippen molar-refractivity contribution < 1.29 is 9.90 Å². The maximum atomic E-state index is 12.9. The van der Waals surface area contributed by atoms with E-state index < -0.39 is 5.60 Å². The molecule has 0 atom stereocenters. The monoisotopic (exact) mass is 567 g/mol. The number of amides is 1. The van der Waals surface area contributed by atoms with Gasteiger partial charge < -0.3 is 20.2 Å². The van der Waals surface area contributed by atoms with Gasteiger partial charge in [0.25, 0.3) is 5.91 Å². The summed E-state index contributed by atoms with van der Waals surface area (Å²) < 4.78 is 1.75. The molecule has 1 aliphatic heterocycles. The van der Waals surface area contributed by atoms with Crippen LogP contribution in [0.1, 0.15) is 34.3 Å². The smallest absolute Gasteiger partial charge is 0.253 e. The normalized spacial score (nSPS) is 14.7. The Morgan fingerprint density at radius 3 is 2.51 bits per heavy atom. The molecule has 0 aliphatic carbocycles. The lowest BCUT2D eigenvalue weighted by Gasteiger charge is -2.39. The summed E-state index contributed by atoms with van der Waals surface area (Å²) in [4.78, 5) is 25.7. The van der Waals surface area contributed by atoms with Crippen molar-refractivity contribution in [3.8, 4) is 0 Å². The molecule has 1 aliphatic rings. The lowest BCUT2D eigenvalue weighted by molar-refractivity contribution is 0.0118. The van der Waals surface area contributed by atoms with Crippen LogP contribution in [0.15, 0.2) is 91.4 Å². The molecule has 10 heteroatoms. The molecule has 2 aromatic carbocycles. The molecule has 5 aromatic rings. The molecule has 3 aromatic heterocycles. The van der Waals surface area contributed by atoms with E-state index in [1.165, 1.54) is 0 Å². The van der Waals surface area contributed by atoms with Crippen LogP contribution in [0.25, 0.3) is 5.65 Å². The van der Waals surface area contributed by atoms with Crippen LogP contribution in [-0.2, 0) is 12.1 Å². The average molecular weight is 568 g/mol. The lowest BCUT2D eigenvalue weighted by Crippen LogP contribution is -2.42. The summed E-state index contributed by atoms with van der Waals surface area (Å²) in [5.41, 5.74) is 4.05. The Labute approximate surface area is 243 Å². The molecule has 4 heterocycles. The summed E-state index contributed by atoms with van der Waals surface area (Å²) in [5, 5.41) is 19.8. The zero-order valence-corrected chi connectivity index (χ0v) is 23.4. The Kier molecular flexibility index (Phi) is 7.30. The van der Waals surface area contributed by atoms with Crippen molar-refractivity contribution >= 4 is 40.5 Å². The molecule has 0 bridgehead atoms. The Balaban J connectivity index is 1.13. The Bertz CT molecular complexity index is 1650. The molecule has 1 saturated heterocycles. The van der Waals surface area contributed by atoms with Crippen LogP contribution in [0.5, 0.6) is 0 Å². The van der Waals surface area contributed by atoms with E-state index >= 15 is 0 Å². The minimum absolute atomic E-state index is 0.0691. The fraction of sp³-hybridized carbons (Fsp3) is 0.226. The van der Waals surface area contributed by atoms with E-state index in [-0.39, 0.29) is 5.91 Å². The first kappa shape index (κ1) is 26.7. The highest BCUT2D eigenvalue weighted by Gasteiger charge is 2.34. The summed E-state index contributed by atoms with van der Waals surface area (Å²) in [6.45, 7) is 1.84. The third kappa shape index (κ3) is 5.73. The van der Waals surface area contributed by atoms with Gasteiger partial charge in [0.2, 0.25) is 5.95 Å². The molecule has 1 fully saturated rings. The standard InChI is InChI=1S/C31H30ClN7O2/c1-37(21-22-4-2-16-33-20-22)29(40)23-6-12-26(13-7-23)34-30-35-28-27(5-3-17-39(28)36-30)38-18-14-31(41,15-19-38)24-8-10-25(32)11-9-24/h2-13,16-17,20,41H,14-15,18-19,21H2,1H3,(H,34,36). The predicted octanol–water partition coefficient (Wildman–Crippen LogP) is 5.28. The van der Waals surface area contributed by atoms with Gasteiger partial charge in [0.05, 0.1) is 11.3 Å². The highest BCUT2D eigenvalue weighted by molar-refractivity contribution is 6.30. The van der Waals surface area contributed by atoms with Crippen molar-refractivity contribution in [2.45, 2.75) is 25.0 Å². The Hall–Kier alpha value is -4.47. The van der Waals surface area contributed by atoms with E-state index in [1.54, 1.807) is 41.0 Å². The van der Waals surface area contributed by atoms with E-state index in [4.69, 9.17) is 16.6 Å². The van der Waals surface area contributed by atoms with Gasteiger partial charge in [0, 0.05) is 61.5 Å². The summed E-state index contributed by atoms with van der Waals surface area (Å²) in [6.07, 6.45) is 6.53. The molecular weight excluding hydrogens is 538 g/mol. The van der Waals surface area contributed by atoms with Crippen LogP contribution < -0.4 is 10.2 Å². The van der Waals surface area contributed by atoms with E-state index in [0.29, 0.717) is 49.0 Å². The zero-order valence-electron chi connectivity index (χ0n) is 22.6. The highest BCUT2D eigenvalue weighted by Crippen LogP contribution is 2.36. The van der Waals surface area contributed by atoms with Crippen LogP contribution in [0, 0.1) is 0 Å². The second kappa shape index (κ2) is 11.2. The molecule has 41 heavy (non-hydrogen) atoms. The number of fused-ring (bicyclic) bond motifs is 1. The van der Waals surface area contributed by atoms with Gasteiger partial charge in [-0.25, -0.2) is 4.52 Å². The number of nitrogens with one attached hydrogen (secondary N) is 1. The van der Waals surface area contributed by atoms with Gasteiger partial charge in [0.1, 0.15) is 0 Å². The number of pyridine rings is 2. The highest BCUT2D eigenvalue weighted by atomic mass is 35.5. The third-order valence-electron chi connectivity index (χ3n) is 7.53. The van der Waals surface area contributed by atoms with Crippen molar-refractivity contribution in [1.29, 1.82) is 0 Å². The number of hydrogen-bond donors (Lipinski definition) is 2. The second-order valence-corrected chi connectivity index (χ2v) is 10.8. The Morgan fingerprint density at radius 1 is 1.05 bits per heavy atom. The summed E-state index contributed by atoms with van der Waals surface area (Å²) in [5.74, 6) is 0.389. The number of benzene rings is 2. The molecule has 0 spiro atoms. The van der Waals surface area contributed by atoms with Gasteiger partial charge >= 0.3 is 0 Å². The van der Waals surface area contributed by atoms with Crippen LogP contribution in [0.3, 0.4) is 0 Å². The molecular formula is C31H30ClN7O2. The molecule has 0 radical (unpaired) electrons. The van der Waals surface area contributed by atoms with Crippen LogP contribution in [-0.4, -0.2) is 55.6 Å². The van der Waals surface area contributed by atoms with Gasteiger partial charge in [-0.2, -0.15) is 4.98 Å². The van der Waals surface area contributed by atoms with E-state index in [2.05, 4.69) is 20.3 Å².